The number of benzene rings is 1. The molecular formula is C15H17Cl2N3O3S2. The van der Waals surface area contributed by atoms with E-state index in [9.17, 15) is 13.2 Å². The number of sulfonamides is 1. The van der Waals surface area contributed by atoms with Gasteiger partial charge in [0.25, 0.3) is 0 Å². The van der Waals surface area contributed by atoms with Crippen molar-refractivity contribution >= 4 is 56.1 Å². The summed E-state index contributed by atoms with van der Waals surface area (Å²) in [6.45, 7) is 1.25. The van der Waals surface area contributed by atoms with Crippen molar-refractivity contribution in [2.75, 3.05) is 25.4 Å². The lowest BCUT2D eigenvalue weighted by atomic mass is 9.97. The van der Waals surface area contributed by atoms with E-state index in [4.69, 9.17) is 23.2 Å². The maximum Gasteiger partial charge on any atom is 0.244 e. The summed E-state index contributed by atoms with van der Waals surface area (Å²) in [5, 5.41) is 3.93. The topological polar surface area (TPSA) is 78.8 Å². The molecule has 1 amide bonds. The number of rotatable bonds is 3. The second-order valence-corrected chi connectivity index (χ2v) is 9.61. The van der Waals surface area contributed by atoms with Crippen LogP contribution in [0.5, 0.6) is 0 Å². The first-order chi connectivity index (χ1) is 11.9. The smallest absolute Gasteiger partial charge is 0.244 e. The van der Waals surface area contributed by atoms with Gasteiger partial charge in [-0.05, 0) is 31.0 Å². The number of carbonyl (C=O) groups is 1. The van der Waals surface area contributed by atoms with E-state index >= 15 is 0 Å². The van der Waals surface area contributed by atoms with Crippen molar-refractivity contribution in [1.29, 1.82) is 0 Å². The number of piperidine rings is 1. The van der Waals surface area contributed by atoms with E-state index in [0.717, 1.165) is 12.3 Å². The number of nitrogens with zero attached hydrogens (tertiary/aromatic N) is 2. The molecular weight excluding hydrogens is 405 g/mol. The largest absolute Gasteiger partial charge is 0.305 e. The van der Waals surface area contributed by atoms with Crippen LogP contribution in [0, 0.1) is 5.92 Å². The Bertz CT molecular complexity index is 806. The fourth-order valence-electron chi connectivity index (χ4n) is 2.79. The van der Waals surface area contributed by atoms with E-state index in [0.29, 0.717) is 23.0 Å². The van der Waals surface area contributed by atoms with Crippen molar-refractivity contribution in [1.82, 2.24) is 9.62 Å². The Balaban J connectivity index is 1.65. The van der Waals surface area contributed by atoms with E-state index < -0.39 is 10.0 Å². The summed E-state index contributed by atoms with van der Waals surface area (Å²) in [6.07, 6.45) is 0.919. The van der Waals surface area contributed by atoms with Gasteiger partial charge in [-0.25, -0.2) is 8.42 Å². The van der Waals surface area contributed by atoms with Crippen LogP contribution in [0.25, 0.3) is 0 Å². The molecule has 1 aromatic rings. The molecule has 0 aromatic heterocycles. The fraction of sp³-hybridized carbons (Fsp3) is 0.467. The number of hydrogen-bond acceptors (Lipinski definition) is 5. The van der Waals surface area contributed by atoms with Gasteiger partial charge in [-0.2, -0.15) is 4.31 Å². The SMILES string of the molecule is O=C(NC1=NCCS1)C1CCN(S(=O)(=O)c2cc(Cl)ccc2Cl)CC1. The highest BCUT2D eigenvalue weighted by Gasteiger charge is 2.33. The van der Waals surface area contributed by atoms with Crippen molar-refractivity contribution in [2.45, 2.75) is 17.7 Å². The molecule has 0 aliphatic carbocycles. The van der Waals surface area contributed by atoms with Gasteiger partial charge in [0.15, 0.2) is 5.17 Å². The fourth-order valence-corrected chi connectivity index (χ4v) is 5.73. The van der Waals surface area contributed by atoms with Gasteiger partial charge in [0, 0.05) is 29.8 Å². The van der Waals surface area contributed by atoms with Crippen LogP contribution in [0.15, 0.2) is 28.1 Å². The Morgan fingerprint density at radius 2 is 2.00 bits per heavy atom. The summed E-state index contributed by atoms with van der Waals surface area (Å²) in [7, 11) is -3.73. The summed E-state index contributed by atoms with van der Waals surface area (Å²) in [6, 6.07) is 4.37. The maximum absolute atomic E-state index is 12.8. The monoisotopic (exact) mass is 421 g/mol. The average molecular weight is 422 g/mol. The van der Waals surface area contributed by atoms with Crippen LogP contribution in [0.3, 0.4) is 0 Å². The zero-order chi connectivity index (χ0) is 18.0. The maximum atomic E-state index is 12.8. The van der Waals surface area contributed by atoms with Gasteiger partial charge in [0.1, 0.15) is 4.90 Å². The quantitative estimate of drug-likeness (QED) is 0.813. The summed E-state index contributed by atoms with van der Waals surface area (Å²) in [5.41, 5.74) is 0. The molecule has 1 saturated heterocycles. The number of nitrogens with one attached hydrogen (secondary N) is 1. The number of hydrogen-bond donors (Lipinski definition) is 1. The molecule has 0 radical (unpaired) electrons. The van der Waals surface area contributed by atoms with Crippen LogP contribution in [0.4, 0.5) is 0 Å². The Morgan fingerprint density at radius 1 is 1.28 bits per heavy atom. The molecule has 0 spiro atoms. The number of aliphatic imine (C=N–C) groups is 1. The highest BCUT2D eigenvalue weighted by Crippen LogP contribution is 2.30. The van der Waals surface area contributed by atoms with Gasteiger partial charge in [0.2, 0.25) is 15.9 Å². The van der Waals surface area contributed by atoms with Gasteiger partial charge >= 0.3 is 0 Å². The van der Waals surface area contributed by atoms with E-state index in [1.807, 2.05) is 0 Å². The molecule has 1 N–H and O–H groups in total. The first-order valence-corrected chi connectivity index (χ1v) is 11.0. The third kappa shape index (κ3) is 4.31. The van der Waals surface area contributed by atoms with Crippen molar-refractivity contribution in [3.8, 4) is 0 Å². The van der Waals surface area contributed by atoms with Crippen LogP contribution in [-0.4, -0.2) is 49.2 Å². The summed E-state index contributed by atoms with van der Waals surface area (Å²) in [4.78, 5) is 16.5. The second-order valence-electron chi connectivity index (χ2n) is 5.78. The molecule has 1 fully saturated rings. The van der Waals surface area contributed by atoms with E-state index in [1.54, 1.807) is 6.07 Å². The molecule has 1 aromatic carbocycles. The molecule has 10 heteroatoms. The van der Waals surface area contributed by atoms with Crippen LogP contribution in [-0.2, 0) is 14.8 Å². The highest BCUT2D eigenvalue weighted by atomic mass is 35.5. The van der Waals surface area contributed by atoms with Crippen LogP contribution in [0.1, 0.15) is 12.8 Å². The molecule has 6 nitrogen and oxygen atoms in total. The molecule has 2 heterocycles. The van der Waals surface area contributed by atoms with Gasteiger partial charge in [-0.15, -0.1) is 0 Å². The molecule has 2 aliphatic heterocycles. The summed E-state index contributed by atoms with van der Waals surface area (Å²) < 4.78 is 26.9. The van der Waals surface area contributed by atoms with E-state index in [-0.39, 0.29) is 34.8 Å². The molecule has 2 aliphatic rings. The Hall–Kier alpha value is -0.800. The molecule has 0 saturated carbocycles. The van der Waals surface area contributed by atoms with Gasteiger partial charge in [-0.1, -0.05) is 35.0 Å². The molecule has 3 rings (SSSR count). The minimum absolute atomic E-state index is 0.00118. The highest BCUT2D eigenvalue weighted by molar-refractivity contribution is 8.14. The number of amides is 1. The van der Waals surface area contributed by atoms with Gasteiger partial charge in [-0.3, -0.25) is 9.79 Å². The Morgan fingerprint density at radius 3 is 2.64 bits per heavy atom. The Kier molecular flexibility index (Phi) is 5.95. The lowest BCUT2D eigenvalue weighted by Gasteiger charge is -2.30. The standard InChI is InChI=1S/C15H17Cl2N3O3S2/c16-11-1-2-12(17)13(9-11)25(22,23)20-6-3-10(4-7-20)14(21)19-15-18-5-8-24-15/h1-2,9-10H,3-8H2,(H,18,19,21). The van der Waals surface area contributed by atoms with Gasteiger partial charge in [0.05, 0.1) is 11.6 Å². The van der Waals surface area contributed by atoms with E-state index in [2.05, 4.69) is 10.3 Å². The summed E-state index contributed by atoms with van der Waals surface area (Å²) >= 11 is 13.5. The number of halogens is 2. The number of carbonyl (C=O) groups excluding carboxylic acids is 1. The lowest BCUT2D eigenvalue weighted by molar-refractivity contribution is -0.124. The zero-order valence-corrected chi connectivity index (χ0v) is 16.4. The van der Waals surface area contributed by atoms with Crippen LogP contribution < -0.4 is 5.32 Å². The predicted octanol–water partition coefficient (Wildman–Crippen LogP) is 2.61. The summed E-state index contributed by atoms with van der Waals surface area (Å²) in [5.74, 6) is 0.573. The zero-order valence-electron chi connectivity index (χ0n) is 13.2. The predicted molar refractivity (Wildman–Crippen MR) is 101 cm³/mol. The molecule has 0 unspecified atom stereocenters. The third-order valence-corrected chi connectivity index (χ3v) is 7.66. The third-order valence-electron chi connectivity index (χ3n) is 4.15. The second kappa shape index (κ2) is 7.84. The first kappa shape index (κ1) is 19.0. The minimum Gasteiger partial charge on any atom is -0.305 e. The average Bonchev–Trinajstić information content (AvgIpc) is 3.10. The van der Waals surface area contributed by atoms with Crippen molar-refractivity contribution in [2.24, 2.45) is 10.9 Å². The molecule has 0 bridgehead atoms. The molecule has 0 atom stereocenters. The van der Waals surface area contributed by atoms with Crippen LogP contribution in [0.2, 0.25) is 10.0 Å². The Labute approximate surface area is 161 Å². The van der Waals surface area contributed by atoms with Crippen molar-refractivity contribution in [3.05, 3.63) is 28.2 Å². The number of thioether (sulfide) groups is 1. The molecule has 25 heavy (non-hydrogen) atoms. The first-order valence-electron chi connectivity index (χ1n) is 7.81. The minimum atomic E-state index is -3.73. The van der Waals surface area contributed by atoms with Crippen LogP contribution >= 0.6 is 35.0 Å². The molecule has 136 valence electrons. The van der Waals surface area contributed by atoms with Crippen molar-refractivity contribution < 1.29 is 13.2 Å². The van der Waals surface area contributed by atoms with E-state index in [1.165, 1.54) is 28.2 Å². The van der Waals surface area contributed by atoms with Crippen molar-refractivity contribution in [3.63, 3.8) is 0 Å². The van der Waals surface area contributed by atoms with Gasteiger partial charge < -0.3 is 5.32 Å². The number of amidine groups is 1. The normalized spacial score (nSPS) is 19.7. The lowest BCUT2D eigenvalue weighted by Crippen LogP contribution is -2.43.